The molecule has 0 aliphatic rings. The molecule has 88 valence electrons. The van der Waals surface area contributed by atoms with E-state index in [2.05, 4.69) is 0 Å². The highest BCUT2D eigenvalue weighted by Gasteiger charge is 2.17. The Kier molecular flexibility index (Phi) is 3.00. The van der Waals surface area contributed by atoms with E-state index in [1.807, 2.05) is 31.2 Å². The van der Waals surface area contributed by atoms with Gasteiger partial charge in [0, 0.05) is 5.56 Å². The molecule has 3 heteroatoms. The maximum Gasteiger partial charge on any atom is 0.313 e. The minimum atomic E-state index is -0.880. The number of hydrogen-bond acceptors (Lipinski definition) is 2. The van der Waals surface area contributed by atoms with Crippen molar-refractivity contribution in [1.82, 2.24) is 0 Å². The van der Waals surface area contributed by atoms with Crippen molar-refractivity contribution < 1.29 is 14.3 Å². The first kappa shape index (κ1) is 11.5. The molecule has 1 heterocycles. The van der Waals surface area contributed by atoms with E-state index < -0.39 is 11.9 Å². The molecule has 17 heavy (non-hydrogen) atoms. The average molecular weight is 230 g/mol. The van der Waals surface area contributed by atoms with Crippen molar-refractivity contribution in [2.75, 3.05) is 0 Å². The van der Waals surface area contributed by atoms with E-state index in [0.717, 1.165) is 5.56 Å². The van der Waals surface area contributed by atoms with Gasteiger partial charge in [0.2, 0.25) is 0 Å². The summed E-state index contributed by atoms with van der Waals surface area (Å²) in [6.45, 7) is 3.63. The summed E-state index contributed by atoms with van der Waals surface area (Å²) in [6.07, 6.45) is 0. The zero-order chi connectivity index (χ0) is 12.4. The highest BCUT2D eigenvalue weighted by atomic mass is 16.4. The van der Waals surface area contributed by atoms with Crippen molar-refractivity contribution in [1.29, 1.82) is 0 Å². The summed E-state index contributed by atoms with van der Waals surface area (Å²) in [6, 6.07) is 11.4. The summed E-state index contributed by atoms with van der Waals surface area (Å²) in [5.74, 6) is -0.315. The summed E-state index contributed by atoms with van der Waals surface area (Å²) >= 11 is 0. The molecule has 1 unspecified atom stereocenters. The summed E-state index contributed by atoms with van der Waals surface area (Å²) in [5, 5.41) is 8.89. The highest BCUT2D eigenvalue weighted by Crippen LogP contribution is 2.26. The second-order valence-corrected chi connectivity index (χ2v) is 4.13. The van der Waals surface area contributed by atoms with E-state index >= 15 is 0 Å². The largest absolute Gasteiger partial charge is 0.481 e. The highest BCUT2D eigenvalue weighted by molar-refractivity contribution is 5.75. The Morgan fingerprint density at radius 1 is 1.18 bits per heavy atom. The normalized spacial score (nSPS) is 12.4. The molecular formula is C14H14O3. The van der Waals surface area contributed by atoms with Gasteiger partial charge in [-0.3, -0.25) is 4.79 Å². The van der Waals surface area contributed by atoms with Crippen LogP contribution in [0.3, 0.4) is 0 Å². The van der Waals surface area contributed by atoms with Gasteiger partial charge in [0.25, 0.3) is 0 Å². The third-order valence-electron chi connectivity index (χ3n) is 2.76. The van der Waals surface area contributed by atoms with Crippen molar-refractivity contribution in [3.8, 4) is 11.3 Å². The van der Waals surface area contributed by atoms with E-state index in [1.165, 1.54) is 5.56 Å². The molecule has 2 rings (SSSR count). The molecule has 0 radical (unpaired) electrons. The zero-order valence-corrected chi connectivity index (χ0v) is 9.81. The Balaban J connectivity index is 2.29. The van der Waals surface area contributed by atoms with E-state index in [4.69, 9.17) is 9.52 Å². The molecule has 1 N–H and O–H groups in total. The molecule has 1 atom stereocenters. The maximum atomic E-state index is 10.8. The van der Waals surface area contributed by atoms with Crippen LogP contribution in [0, 0.1) is 6.92 Å². The quantitative estimate of drug-likeness (QED) is 0.878. The van der Waals surface area contributed by atoms with Crippen LogP contribution in [-0.2, 0) is 4.79 Å². The van der Waals surface area contributed by atoms with Gasteiger partial charge in [0.1, 0.15) is 17.4 Å². The molecule has 0 fully saturated rings. The number of carboxylic acid groups (broad SMARTS) is 1. The molecule has 0 saturated carbocycles. The standard InChI is InChI=1S/C14H14O3/c1-9-3-5-11(6-4-9)13-8-7-12(17-13)10(2)14(15)16/h3-8,10H,1-2H3,(H,15,16). The smallest absolute Gasteiger partial charge is 0.313 e. The number of rotatable bonds is 3. The third kappa shape index (κ3) is 2.38. The maximum absolute atomic E-state index is 10.8. The van der Waals surface area contributed by atoms with Crippen LogP contribution in [-0.4, -0.2) is 11.1 Å². The third-order valence-corrected chi connectivity index (χ3v) is 2.76. The molecule has 0 bridgehead atoms. The molecule has 0 aliphatic heterocycles. The van der Waals surface area contributed by atoms with Crippen LogP contribution in [0.5, 0.6) is 0 Å². The van der Waals surface area contributed by atoms with Crippen LogP contribution in [0.1, 0.15) is 24.2 Å². The number of carbonyl (C=O) groups is 1. The second kappa shape index (κ2) is 4.45. The minimum Gasteiger partial charge on any atom is -0.481 e. The number of aliphatic carboxylic acids is 1. The van der Waals surface area contributed by atoms with E-state index in [1.54, 1.807) is 19.1 Å². The Labute approximate surface area is 99.7 Å². The van der Waals surface area contributed by atoms with Crippen LogP contribution in [0.4, 0.5) is 0 Å². The van der Waals surface area contributed by atoms with Gasteiger partial charge in [-0.1, -0.05) is 29.8 Å². The van der Waals surface area contributed by atoms with Gasteiger partial charge in [-0.2, -0.15) is 0 Å². The average Bonchev–Trinajstić information content (AvgIpc) is 2.78. The zero-order valence-electron chi connectivity index (χ0n) is 9.81. The van der Waals surface area contributed by atoms with Gasteiger partial charge >= 0.3 is 5.97 Å². The lowest BCUT2D eigenvalue weighted by atomic mass is 10.1. The molecule has 1 aromatic heterocycles. The van der Waals surface area contributed by atoms with Gasteiger partial charge < -0.3 is 9.52 Å². The summed E-state index contributed by atoms with van der Waals surface area (Å²) in [5.41, 5.74) is 2.14. The van der Waals surface area contributed by atoms with E-state index in [0.29, 0.717) is 11.5 Å². The summed E-state index contributed by atoms with van der Waals surface area (Å²) in [7, 11) is 0. The molecule has 1 aromatic carbocycles. The van der Waals surface area contributed by atoms with Crippen LogP contribution in [0.2, 0.25) is 0 Å². The molecule has 2 aromatic rings. The fraction of sp³-hybridized carbons (Fsp3) is 0.214. The molecule has 3 nitrogen and oxygen atoms in total. The van der Waals surface area contributed by atoms with Crippen molar-refractivity contribution in [2.24, 2.45) is 0 Å². The number of aryl methyl sites for hydroxylation is 1. The lowest BCUT2D eigenvalue weighted by molar-refractivity contribution is -0.138. The number of benzene rings is 1. The second-order valence-electron chi connectivity index (χ2n) is 4.13. The molecule has 0 spiro atoms. The van der Waals surface area contributed by atoms with Crippen LogP contribution < -0.4 is 0 Å². The predicted octanol–water partition coefficient (Wildman–Crippen LogP) is 3.44. The lowest BCUT2D eigenvalue weighted by Crippen LogP contribution is -2.05. The topological polar surface area (TPSA) is 50.4 Å². The van der Waals surface area contributed by atoms with E-state index in [-0.39, 0.29) is 0 Å². The van der Waals surface area contributed by atoms with E-state index in [9.17, 15) is 4.79 Å². The van der Waals surface area contributed by atoms with Crippen LogP contribution in [0.25, 0.3) is 11.3 Å². The summed E-state index contributed by atoms with van der Waals surface area (Å²) in [4.78, 5) is 10.8. The lowest BCUT2D eigenvalue weighted by Gasteiger charge is -2.02. The molecule has 0 amide bonds. The van der Waals surface area contributed by atoms with Crippen molar-refractivity contribution in [3.05, 3.63) is 47.7 Å². The first-order valence-corrected chi connectivity index (χ1v) is 5.47. The fourth-order valence-electron chi connectivity index (χ4n) is 1.58. The van der Waals surface area contributed by atoms with Crippen LogP contribution >= 0.6 is 0 Å². The van der Waals surface area contributed by atoms with Gasteiger partial charge in [0.15, 0.2) is 0 Å². The first-order chi connectivity index (χ1) is 8.08. The molecule has 0 saturated heterocycles. The monoisotopic (exact) mass is 230 g/mol. The van der Waals surface area contributed by atoms with Gasteiger partial charge in [-0.15, -0.1) is 0 Å². The number of hydrogen-bond donors (Lipinski definition) is 1. The Bertz CT molecular complexity index is 523. The van der Waals surface area contributed by atoms with Crippen molar-refractivity contribution >= 4 is 5.97 Å². The van der Waals surface area contributed by atoms with Crippen molar-refractivity contribution in [3.63, 3.8) is 0 Å². The number of furan rings is 1. The van der Waals surface area contributed by atoms with Gasteiger partial charge in [-0.25, -0.2) is 0 Å². The Hall–Kier alpha value is -2.03. The Morgan fingerprint density at radius 3 is 2.41 bits per heavy atom. The molecule has 0 aliphatic carbocycles. The van der Waals surface area contributed by atoms with Gasteiger partial charge in [-0.05, 0) is 26.0 Å². The van der Waals surface area contributed by atoms with Gasteiger partial charge in [0.05, 0.1) is 0 Å². The molecular weight excluding hydrogens is 216 g/mol. The summed E-state index contributed by atoms with van der Waals surface area (Å²) < 4.78 is 5.55. The van der Waals surface area contributed by atoms with Crippen molar-refractivity contribution in [2.45, 2.75) is 19.8 Å². The van der Waals surface area contributed by atoms with Crippen LogP contribution in [0.15, 0.2) is 40.8 Å². The SMILES string of the molecule is Cc1ccc(-c2ccc(C(C)C(=O)O)o2)cc1. The first-order valence-electron chi connectivity index (χ1n) is 5.47. The Morgan fingerprint density at radius 2 is 1.82 bits per heavy atom. The minimum absolute atomic E-state index is 0.480. The number of carboxylic acids is 1. The fourth-order valence-corrected chi connectivity index (χ4v) is 1.58. The predicted molar refractivity (Wildman–Crippen MR) is 64.9 cm³/mol.